The minimum atomic E-state index is 0.235. The molecule has 2 rings (SSSR count). The van der Waals surface area contributed by atoms with Gasteiger partial charge in [-0.3, -0.25) is 4.98 Å². The molecule has 5 nitrogen and oxygen atoms in total. The topological polar surface area (TPSA) is 76.3 Å². The fourth-order valence-corrected chi connectivity index (χ4v) is 2.88. The van der Waals surface area contributed by atoms with Crippen molar-refractivity contribution in [2.24, 2.45) is 10.7 Å². The van der Waals surface area contributed by atoms with Crippen LogP contribution in [-0.4, -0.2) is 22.5 Å². The molecule has 0 aromatic carbocycles. The SMILES string of the molecule is C=C(N)/N=C(/OCC)c1c(C)[nH]c(CC)c1Br.Cc1cccnc1. The van der Waals surface area contributed by atoms with Crippen molar-refractivity contribution in [3.05, 3.63) is 63.9 Å². The lowest BCUT2D eigenvalue weighted by Crippen LogP contribution is -2.10. The molecule has 2 heterocycles. The van der Waals surface area contributed by atoms with Crippen LogP contribution in [0.1, 0.15) is 36.4 Å². The van der Waals surface area contributed by atoms with Gasteiger partial charge in [-0.1, -0.05) is 19.6 Å². The minimum Gasteiger partial charge on any atom is -0.477 e. The lowest BCUT2D eigenvalue weighted by Gasteiger charge is -2.07. The van der Waals surface area contributed by atoms with Crippen LogP contribution < -0.4 is 5.73 Å². The molecule has 24 heavy (non-hydrogen) atoms. The van der Waals surface area contributed by atoms with Crippen LogP contribution in [0.15, 0.2) is 46.4 Å². The molecule has 0 aliphatic rings. The normalized spacial score (nSPS) is 10.8. The number of halogens is 1. The third-order valence-corrected chi connectivity index (χ3v) is 3.98. The maximum atomic E-state index is 5.52. The third-order valence-electron chi connectivity index (χ3n) is 3.10. The van der Waals surface area contributed by atoms with E-state index in [1.165, 1.54) is 5.56 Å². The van der Waals surface area contributed by atoms with E-state index in [2.05, 4.69) is 44.4 Å². The maximum absolute atomic E-state index is 5.52. The molecule has 6 heteroatoms. The lowest BCUT2D eigenvalue weighted by molar-refractivity contribution is 0.328. The second-order valence-corrected chi connectivity index (χ2v) is 5.94. The first kappa shape index (κ1) is 20.0. The minimum absolute atomic E-state index is 0.235. The van der Waals surface area contributed by atoms with Crippen molar-refractivity contribution < 1.29 is 4.74 Å². The van der Waals surface area contributed by atoms with E-state index in [0.717, 1.165) is 27.8 Å². The number of aliphatic imine (C=N–C) groups is 1. The number of aromatic nitrogens is 2. The Bertz CT molecular complexity index is 693. The van der Waals surface area contributed by atoms with E-state index in [0.29, 0.717) is 12.5 Å². The number of pyridine rings is 1. The fraction of sp³-hybridized carbons (Fsp3) is 0.333. The Morgan fingerprint density at radius 2 is 2.12 bits per heavy atom. The van der Waals surface area contributed by atoms with Gasteiger partial charge in [0.2, 0.25) is 5.90 Å². The van der Waals surface area contributed by atoms with Crippen molar-refractivity contribution in [2.45, 2.75) is 34.1 Å². The predicted octanol–water partition coefficient (Wildman–Crippen LogP) is 4.25. The van der Waals surface area contributed by atoms with E-state index in [9.17, 15) is 0 Å². The van der Waals surface area contributed by atoms with Crippen LogP contribution in [0.25, 0.3) is 0 Å². The van der Waals surface area contributed by atoms with Crippen LogP contribution in [0.5, 0.6) is 0 Å². The summed E-state index contributed by atoms with van der Waals surface area (Å²) < 4.78 is 6.50. The predicted molar refractivity (Wildman–Crippen MR) is 103 cm³/mol. The molecule has 0 bridgehead atoms. The number of nitrogens with one attached hydrogen (secondary N) is 1. The molecule has 2 aromatic heterocycles. The Kier molecular flexibility index (Phi) is 8.26. The Morgan fingerprint density at radius 1 is 1.42 bits per heavy atom. The smallest absolute Gasteiger partial charge is 0.225 e. The van der Waals surface area contributed by atoms with Gasteiger partial charge in [0, 0.05) is 23.8 Å². The van der Waals surface area contributed by atoms with E-state index >= 15 is 0 Å². The number of aryl methyl sites for hydroxylation is 3. The van der Waals surface area contributed by atoms with E-state index in [4.69, 9.17) is 10.5 Å². The molecule has 0 aliphatic heterocycles. The fourth-order valence-electron chi connectivity index (χ4n) is 2.03. The number of hydrogen-bond acceptors (Lipinski definition) is 4. The van der Waals surface area contributed by atoms with Gasteiger partial charge < -0.3 is 15.5 Å². The molecule has 0 aliphatic carbocycles. The van der Waals surface area contributed by atoms with Crippen LogP contribution in [-0.2, 0) is 11.2 Å². The molecule has 2 aromatic rings. The van der Waals surface area contributed by atoms with Crippen LogP contribution in [0.3, 0.4) is 0 Å². The zero-order valence-electron chi connectivity index (χ0n) is 14.7. The van der Waals surface area contributed by atoms with Crippen molar-refractivity contribution in [3.63, 3.8) is 0 Å². The third kappa shape index (κ3) is 5.85. The van der Waals surface area contributed by atoms with Crippen molar-refractivity contribution in [1.29, 1.82) is 0 Å². The van der Waals surface area contributed by atoms with Gasteiger partial charge in [-0.25, -0.2) is 0 Å². The van der Waals surface area contributed by atoms with Gasteiger partial charge in [0.15, 0.2) is 0 Å². The number of ether oxygens (including phenoxy) is 1. The van der Waals surface area contributed by atoms with Crippen LogP contribution in [0.2, 0.25) is 0 Å². The van der Waals surface area contributed by atoms with Crippen molar-refractivity contribution in [2.75, 3.05) is 6.61 Å². The maximum Gasteiger partial charge on any atom is 0.225 e. The zero-order chi connectivity index (χ0) is 18.1. The molecule has 0 fully saturated rings. The molecule has 0 unspecified atom stereocenters. The Morgan fingerprint density at radius 3 is 2.50 bits per heavy atom. The lowest BCUT2D eigenvalue weighted by atomic mass is 10.2. The highest BCUT2D eigenvalue weighted by molar-refractivity contribution is 9.10. The molecule has 0 radical (unpaired) electrons. The van der Waals surface area contributed by atoms with Crippen LogP contribution >= 0.6 is 15.9 Å². The van der Waals surface area contributed by atoms with Crippen LogP contribution in [0, 0.1) is 13.8 Å². The summed E-state index contributed by atoms with van der Waals surface area (Å²) in [6.45, 7) is 12.1. The van der Waals surface area contributed by atoms with Gasteiger partial charge >= 0.3 is 0 Å². The van der Waals surface area contributed by atoms with E-state index in [1.807, 2.05) is 39.1 Å². The Hall–Kier alpha value is -2.08. The van der Waals surface area contributed by atoms with Crippen molar-refractivity contribution in [3.8, 4) is 0 Å². The molecule has 0 saturated heterocycles. The van der Waals surface area contributed by atoms with E-state index < -0.39 is 0 Å². The Labute approximate surface area is 152 Å². The Balaban J connectivity index is 0.000000341. The second-order valence-electron chi connectivity index (χ2n) is 5.14. The van der Waals surface area contributed by atoms with Gasteiger partial charge in [0.05, 0.1) is 16.6 Å². The average Bonchev–Trinajstić information content (AvgIpc) is 2.82. The molecular weight excluding hydrogens is 368 g/mol. The number of nitrogens with two attached hydrogens (primary N) is 1. The standard InChI is InChI=1S/C12H18BrN3O.C6H7N/c1-5-9-11(13)10(7(3)15-9)12(17-6-2)16-8(4)14;1-6-3-2-4-7-5-6/h15H,4-6,14H2,1-3H3;2-5H,1H3/b16-12+;. The molecule has 0 atom stereocenters. The number of H-pyrrole nitrogens is 1. The van der Waals surface area contributed by atoms with Crippen molar-refractivity contribution >= 4 is 21.8 Å². The summed E-state index contributed by atoms with van der Waals surface area (Å²) in [4.78, 5) is 11.3. The van der Waals surface area contributed by atoms with Gasteiger partial charge in [-0.15, -0.1) is 0 Å². The summed E-state index contributed by atoms with van der Waals surface area (Å²) in [6.07, 6.45) is 4.51. The highest BCUT2D eigenvalue weighted by atomic mass is 79.9. The summed E-state index contributed by atoms with van der Waals surface area (Å²) in [7, 11) is 0. The summed E-state index contributed by atoms with van der Waals surface area (Å²) >= 11 is 3.56. The monoisotopic (exact) mass is 392 g/mol. The first-order valence-electron chi connectivity index (χ1n) is 7.80. The highest BCUT2D eigenvalue weighted by Crippen LogP contribution is 2.26. The number of nitrogens with zero attached hydrogens (tertiary/aromatic N) is 2. The molecule has 130 valence electrons. The van der Waals surface area contributed by atoms with Gasteiger partial charge in [0.1, 0.15) is 5.82 Å². The van der Waals surface area contributed by atoms with E-state index in [1.54, 1.807) is 6.20 Å². The number of rotatable bonds is 4. The van der Waals surface area contributed by atoms with Gasteiger partial charge in [-0.2, -0.15) is 4.99 Å². The molecule has 0 saturated carbocycles. The second kappa shape index (κ2) is 9.93. The number of hydrogen-bond donors (Lipinski definition) is 2. The van der Waals surface area contributed by atoms with Crippen LogP contribution in [0.4, 0.5) is 0 Å². The summed E-state index contributed by atoms with van der Waals surface area (Å²) in [6, 6.07) is 3.95. The average molecular weight is 393 g/mol. The number of aromatic amines is 1. The molecular formula is C18H25BrN4O. The zero-order valence-corrected chi connectivity index (χ0v) is 16.3. The summed E-state index contributed by atoms with van der Waals surface area (Å²) in [5.74, 6) is 0.735. The van der Waals surface area contributed by atoms with E-state index in [-0.39, 0.29) is 5.82 Å². The molecule has 0 amide bonds. The first-order chi connectivity index (χ1) is 11.4. The summed E-state index contributed by atoms with van der Waals surface area (Å²) in [5.41, 5.74) is 9.76. The van der Waals surface area contributed by atoms with Crippen molar-refractivity contribution in [1.82, 2.24) is 9.97 Å². The van der Waals surface area contributed by atoms with Gasteiger partial charge in [-0.05, 0) is 54.8 Å². The molecule has 3 N–H and O–H groups in total. The largest absolute Gasteiger partial charge is 0.477 e. The first-order valence-corrected chi connectivity index (χ1v) is 8.59. The van der Waals surface area contributed by atoms with Gasteiger partial charge in [0.25, 0.3) is 0 Å². The quantitative estimate of drug-likeness (QED) is 0.602. The highest BCUT2D eigenvalue weighted by Gasteiger charge is 2.18. The molecule has 0 spiro atoms. The summed E-state index contributed by atoms with van der Waals surface area (Å²) in [5, 5.41) is 0.